The predicted octanol–water partition coefficient (Wildman–Crippen LogP) is 6.94. The Morgan fingerprint density at radius 2 is 1.98 bits per heavy atom. The molecule has 2 aromatic carbocycles. The van der Waals surface area contributed by atoms with Gasteiger partial charge in [-0.1, -0.05) is 59.3 Å². The quantitative estimate of drug-likeness (QED) is 0.104. The summed E-state index contributed by atoms with van der Waals surface area (Å²) in [4.78, 5) is 30.5. The molecule has 0 radical (unpaired) electrons. The number of halogens is 2. The number of hydrogen-bond acceptors (Lipinski definition) is 10. The van der Waals surface area contributed by atoms with Crippen LogP contribution in [-0.4, -0.2) is 95.0 Å². The Labute approximate surface area is 359 Å². The third-order valence-electron chi connectivity index (χ3n) is 12.0. The van der Waals surface area contributed by atoms with E-state index in [2.05, 4.69) is 53.8 Å². The molecule has 1 aromatic heterocycles. The fraction of sp³-hybridized carbons (Fsp3) is 0.548. The molecule has 58 heavy (non-hydrogen) atoms. The highest BCUT2D eigenvalue weighted by atomic mass is 127. The first-order chi connectivity index (χ1) is 27.9. The summed E-state index contributed by atoms with van der Waals surface area (Å²) < 4.78 is 54.7. The Hall–Kier alpha value is -3.22. The minimum absolute atomic E-state index is 0.0496. The summed E-state index contributed by atoms with van der Waals surface area (Å²) in [6.07, 6.45) is 8.97. The zero-order valence-corrected chi connectivity index (χ0v) is 37.4. The van der Waals surface area contributed by atoms with Gasteiger partial charge in [0.05, 0.1) is 41.8 Å². The maximum Gasteiger partial charge on any atom is 0.286 e. The van der Waals surface area contributed by atoms with Crippen LogP contribution in [0.3, 0.4) is 0 Å². The van der Waals surface area contributed by atoms with Crippen LogP contribution in [0, 0.1) is 17.8 Å². The van der Waals surface area contributed by atoms with Crippen LogP contribution >= 0.6 is 34.2 Å². The third kappa shape index (κ3) is 9.09. The number of rotatable bonds is 9. The van der Waals surface area contributed by atoms with E-state index in [0.29, 0.717) is 42.4 Å². The van der Waals surface area contributed by atoms with Gasteiger partial charge in [0.2, 0.25) is 5.88 Å². The first-order valence-corrected chi connectivity index (χ1v) is 23.5. The number of amides is 2. The van der Waals surface area contributed by atoms with Gasteiger partial charge >= 0.3 is 0 Å². The van der Waals surface area contributed by atoms with E-state index >= 15 is 4.21 Å². The molecule has 8 atom stereocenters. The second kappa shape index (κ2) is 18.2. The van der Waals surface area contributed by atoms with Gasteiger partial charge in [-0.15, -0.1) is 9.46 Å². The van der Waals surface area contributed by atoms with Crippen molar-refractivity contribution in [1.82, 2.24) is 14.5 Å². The lowest BCUT2D eigenvalue weighted by molar-refractivity contribution is -0.149. The SMILES string of the molecule is CCOC(CI)O[C@H]1/C=C/[C@H](OC)[C@@H]2CC[C@H]2CN2C[C@@]3(CCCc4cc(Cl)ccc43)COc3ccc(cc32)C(=O)N=[S@](=O)(NC(=O)c2cn(C)nc2OC)C[C@H]1C. The number of hydrogen-bond donors (Lipinski definition) is 1. The topological polar surface area (TPSA) is 143 Å². The van der Waals surface area contributed by atoms with Gasteiger partial charge in [-0.05, 0) is 92.3 Å². The Kier molecular flexibility index (Phi) is 13.4. The fourth-order valence-corrected chi connectivity index (χ4v) is 11.5. The van der Waals surface area contributed by atoms with Crippen molar-refractivity contribution in [2.45, 2.75) is 69.9 Å². The lowest BCUT2D eigenvalue weighted by Crippen LogP contribution is -2.49. The van der Waals surface area contributed by atoms with Gasteiger partial charge in [0, 0.05) is 62.0 Å². The molecule has 1 saturated carbocycles. The minimum Gasteiger partial charge on any atom is -0.490 e. The van der Waals surface area contributed by atoms with Crippen molar-refractivity contribution in [3.8, 4) is 11.6 Å². The van der Waals surface area contributed by atoms with E-state index in [-0.39, 0.29) is 40.2 Å². The Bertz CT molecular complexity index is 2160. The number of nitrogens with one attached hydrogen (secondary N) is 1. The fourth-order valence-electron chi connectivity index (χ4n) is 8.96. The Balaban J connectivity index is 1.34. The van der Waals surface area contributed by atoms with E-state index in [9.17, 15) is 9.59 Å². The molecule has 2 amide bonds. The highest BCUT2D eigenvalue weighted by Gasteiger charge is 2.44. The van der Waals surface area contributed by atoms with Gasteiger partial charge in [0.1, 0.15) is 21.2 Å². The summed E-state index contributed by atoms with van der Waals surface area (Å²) in [6.45, 7) is 6.06. The van der Waals surface area contributed by atoms with E-state index in [4.69, 9.17) is 35.3 Å². The van der Waals surface area contributed by atoms with Crippen molar-refractivity contribution in [3.05, 3.63) is 82.0 Å². The molecule has 0 saturated heterocycles. The molecule has 4 aliphatic rings. The monoisotopic (exact) mass is 949 g/mol. The van der Waals surface area contributed by atoms with Gasteiger partial charge in [-0.2, -0.15) is 0 Å². The maximum atomic E-state index is 15.1. The van der Waals surface area contributed by atoms with Crippen molar-refractivity contribution in [2.75, 3.05) is 55.6 Å². The van der Waals surface area contributed by atoms with Gasteiger partial charge in [0.15, 0.2) is 6.29 Å². The molecule has 16 heteroatoms. The first kappa shape index (κ1) is 42.9. The lowest BCUT2D eigenvalue weighted by Gasteiger charge is -2.46. The second-order valence-corrected chi connectivity index (χ2v) is 19.2. The van der Waals surface area contributed by atoms with Crippen LogP contribution in [0.15, 0.2) is 59.1 Å². The number of methoxy groups -OCH3 is 2. The number of anilines is 1. The van der Waals surface area contributed by atoms with Crippen LogP contribution in [0.1, 0.15) is 71.4 Å². The largest absolute Gasteiger partial charge is 0.490 e. The Morgan fingerprint density at radius 1 is 1.17 bits per heavy atom. The number of fused-ring (bicyclic) bond motifs is 4. The van der Waals surface area contributed by atoms with Crippen LogP contribution in [0.5, 0.6) is 11.6 Å². The third-order valence-corrected chi connectivity index (χ3v) is 14.8. The van der Waals surface area contributed by atoms with Crippen LogP contribution < -0.4 is 19.1 Å². The zero-order valence-electron chi connectivity index (χ0n) is 33.7. The molecule has 2 bridgehead atoms. The van der Waals surface area contributed by atoms with Crippen molar-refractivity contribution in [1.29, 1.82) is 0 Å². The summed E-state index contributed by atoms with van der Waals surface area (Å²) in [5.74, 6) is -0.955. The second-order valence-electron chi connectivity index (χ2n) is 15.9. The van der Waals surface area contributed by atoms with Gasteiger partial charge < -0.3 is 28.6 Å². The summed E-state index contributed by atoms with van der Waals surface area (Å²) in [7, 11) is 0.968. The van der Waals surface area contributed by atoms with Crippen LogP contribution in [-0.2, 0) is 43.0 Å². The summed E-state index contributed by atoms with van der Waals surface area (Å²) in [5, 5.41) is 4.91. The van der Waals surface area contributed by atoms with Crippen molar-refractivity contribution >= 4 is 61.6 Å². The molecule has 7 rings (SSSR count). The lowest BCUT2D eigenvalue weighted by atomic mass is 9.68. The summed E-state index contributed by atoms with van der Waals surface area (Å²) in [6, 6.07) is 11.5. The molecular formula is C42H53ClIN5O8S. The molecule has 2 aliphatic heterocycles. The van der Waals surface area contributed by atoms with Crippen LogP contribution in [0.2, 0.25) is 5.02 Å². The van der Waals surface area contributed by atoms with Gasteiger partial charge in [0.25, 0.3) is 11.8 Å². The molecule has 3 aromatic rings. The molecule has 1 spiro atoms. The predicted molar refractivity (Wildman–Crippen MR) is 232 cm³/mol. The first-order valence-electron chi connectivity index (χ1n) is 19.9. The summed E-state index contributed by atoms with van der Waals surface area (Å²) in [5.41, 5.74) is 3.24. The zero-order chi connectivity index (χ0) is 41.2. The van der Waals surface area contributed by atoms with E-state index in [1.54, 1.807) is 26.3 Å². The number of aryl methyl sites for hydroxylation is 2. The maximum absolute atomic E-state index is 15.1. The minimum atomic E-state index is -3.80. The van der Waals surface area contributed by atoms with E-state index < -0.39 is 40.0 Å². The van der Waals surface area contributed by atoms with Crippen molar-refractivity contribution < 1.29 is 37.5 Å². The highest BCUT2D eigenvalue weighted by Crippen LogP contribution is 2.47. The summed E-state index contributed by atoms with van der Waals surface area (Å²) >= 11 is 8.71. The molecule has 314 valence electrons. The Morgan fingerprint density at radius 3 is 2.71 bits per heavy atom. The normalized spacial score (nSPS) is 29.5. The molecular weight excluding hydrogens is 897 g/mol. The molecule has 1 fully saturated rings. The number of alkyl halides is 1. The average Bonchev–Trinajstić information content (AvgIpc) is 3.51. The average molecular weight is 950 g/mol. The molecule has 2 aliphatic carbocycles. The number of ether oxygens (including phenoxy) is 5. The van der Waals surface area contributed by atoms with E-state index in [1.807, 2.05) is 38.1 Å². The smallest absolute Gasteiger partial charge is 0.286 e. The van der Waals surface area contributed by atoms with Crippen LogP contribution in [0.4, 0.5) is 5.69 Å². The molecule has 3 heterocycles. The van der Waals surface area contributed by atoms with Gasteiger partial charge in [-0.3, -0.25) is 19.0 Å². The van der Waals surface area contributed by atoms with Gasteiger partial charge in [-0.25, -0.2) is 4.21 Å². The number of nitrogens with zero attached hydrogens (tertiary/aromatic N) is 4. The van der Waals surface area contributed by atoms with Crippen molar-refractivity contribution in [3.63, 3.8) is 0 Å². The van der Waals surface area contributed by atoms with E-state index in [1.165, 1.54) is 29.1 Å². The standard InChI is InChI=1S/C42H53ClIN5O8S/c1-6-55-38(20-44)57-35-15-16-36(53-4)31-12-9-29(31)21-49-24-42(17-7-8-27-18-30(43)11-13-33(27)42)25-56-37-14-10-28(19-34(37)49)39(50)46-58(52,23-26(35)2)47-40(51)32-22-48(3)45-41(32)54-5/h10-11,13-16,18-19,22,26,29,31,35-36,38H,6-9,12,17,20-21,23-25H2,1-5H3,(H,46,47,50,51,52)/b16-15+/t26-,29+,31-,35+,36+,38?,42+,58+/m1/s1. The molecule has 1 unspecified atom stereocenters. The number of aromatic nitrogens is 2. The van der Waals surface area contributed by atoms with E-state index in [0.717, 1.165) is 42.8 Å². The molecule has 1 N–H and O–H groups in total. The van der Waals surface area contributed by atoms with Crippen LogP contribution in [0.25, 0.3) is 0 Å². The number of carbonyl (C=O) groups is 2. The highest BCUT2D eigenvalue weighted by molar-refractivity contribution is 14.1. The number of benzene rings is 2. The number of carbonyl (C=O) groups excluding carboxylic acids is 2. The molecule has 13 nitrogen and oxygen atoms in total. The van der Waals surface area contributed by atoms with Crippen molar-refractivity contribution in [2.24, 2.45) is 29.2 Å².